The first-order valence-electron chi connectivity index (χ1n) is 8.69. The molecule has 0 atom stereocenters. The molecule has 0 spiro atoms. The lowest BCUT2D eigenvalue weighted by Gasteiger charge is -2.04. The summed E-state index contributed by atoms with van der Waals surface area (Å²) in [5.74, 6) is -0.0944. The number of amides is 1. The van der Waals surface area contributed by atoms with Gasteiger partial charge >= 0.3 is 0 Å². The van der Waals surface area contributed by atoms with E-state index in [1.807, 2.05) is 50.2 Å². The van der Waals surface area contributed by atoms with E-state index in [-0.39, 0.29) is 23.9 Å². The first-order chi connectivity index (χ1) is 13.5. The summed E-state index contributed by atoms with van der Waals surface area (Å²) in [4.78, 5) is 31.1. The van der Waals surface area contributed by atoms with Gasteiger partial charge in [0.25, 0.3) is 5.56 Å². The van der Waals surface area contributed by atoms with Gasteiger partial charge in [-0.25, -0.2) is 4.98 Å². The van der Waals surface area contributed by atoms with Crippen molar-refractivity contribution in [3.63, 3.8) is 0 Å². The topological polar surface area (TPSA) is 89.8 Å². The van der Waals surface area contributed by atoms with Crippen LogP contribution in [0.25, 0.3) is 20.7 Å². The fourth-order valence-electron chi connectivity index (χ4n) is 2.65. The van der Waals surface area contributed by atoms with Gasteiger partial charge in [-0.1, -0.05) is 55.5 Å². The van der Waals surface area contributed by atoms with E-state index >= 15 is 0 Å². The molecule has 0 saturated carbocycles. The van der Waals surface area contributed by atoms with Crippen LogP contribution in [0.4, 0.5) is 5.13 Å². The van der Waals surface area contributed by atoms with Crippen molar-refractivity contribution >= 4 is 43.9 Å². The molecule has 0 fully saturated rings. The van der Waals surface area contributed by atoms with Crippen LogP contribution in [-0.2, 0) is 11.3 Å². The maximum Gasteiger partial charge on any atom is 0.262 e. The number of hydrogen-bond acceptors (Lipinski definition) is 7. The zero-order chi connectivity index (χ0) is 19.7. The summed E-state index contributed by atoms with van der Waals surface area (Å²) in [7, 11) is 0. The number of benzene rings is 1. The van der Waals surface area contributed by atoms with Gasteiger partial charge in [0.05, 0.1) is 11.7 Å². The SMILES string of the molecule is CC(C)c1nnc(NC(=O)Cn2cnc3sc(-c4ccccc4)cc3c2=O)s1. The molecule has 7 nitrogen and oxygen atoms in total. The highest BCUT2D eigenvalue weighted by Gasteiger charge is 2.14. The van der Waals surface area contributed by atoms with Crippen LogP contribution >= 0.6 is 22.7 Å². The highest BCUT2D eigenvalue weighted by atomic mass is 32.1. The zero-order valence-corrected chi connectivity index (χ0v) is 16.9. The molecule has 4 rings (SSSR count). The first kappa shape index (κ1) is 18.5. The molecular formula is C19H17N5O2S2. The van der Waals surface area contributed by atoms with E-state index in [2.05, 4.69) is 20.5 Å². The molecule has 0 bridgehead atoms. The zero-order valence-electron chi connectivity index (χ0n) is 15.2. The summed E-state index contributed by atoms with van der Waals surface area (Å²) >= 11 is 2.79. The fourth-order valence-corrected chi connectivity index (χ4v) is 4.41. The van der Waals surface area contributed by atoms with Crippen molar-refractivity contribution in [1.82, 2.24) is 19.7 Å². The Morgan fingerprint density at radius 3 is 2.68 bits per heavy atom. The Morgan fingerprint density at radius 1 is 1.18 bits per heavy atom. The van der Waals surface area contributed by atoms with E-state index in [0.29, 0.717) is 15.3 Å². The van der Waals surface area contributed by atoms with Crippen LogP contribution in [-0.4, -0.2) is 25.7 Å². The summed E-state index contributed by atoms with van der Waals surface area (Å²) in [6, 6.07) is 11.7. The molecule has 0 aliphatic heterocycles. The lowest BCUT2D eigenvalue weighted by atomic mass is 10.2. The minimum absolute atomic E-state index is 0.130. The summed E-state index contributed by atoms with van der Waals surface area (Å²) in [5.41, 5.74) is 0.796. The molecule has 4 aromatic rings. The van der Waals surface area contributed by atoms with Crippen LogP contribution in [0.15, 0.2) is 47.5 Å². The summed E-state index contributed by atoms with van der Waals surface area (Å²) < 4.78 is 1.31. The van der Waals surface area contributed by atoms with Crippen LogP contribution in [0.5, 0.6) is 0 Å². The lowest BCUT2D eigenvalue weighted by Crippen LogP contribution is -2.27. The molecule has 0 aliphatic rings. The van der Waals surface area contributed by atoms with E-state index in [4.69, 9.17) is 0 Å². The molecule has 3 aromatic heterocycles. The van der Waals surface area contributed by atoms with Gasteiger partial charge < -0.3 is 0 Å². The number of thiophene rings is 1. The number of nitrogens with zero attached hydrogens (tertiary/aromatic N) is 4. The summed E-state index contributed by atoms with van der Waals surface area (Å²) in [5, 5.41) is 12.5. The van der Waals surface area contributed by atoms with Crippen LogP contribution in [0, 0.1) is 0 Å². The van der Waals surface area contributed by atoms with Gasteiger partial charge in [0.1, 0.15) is 16.4 Å². The number of anilines is 1. The van der Waals surface area contributed by atoms with Crippen molar-refractivity contribution < 1.29 is 4.79 Å². The summed E-state index contributed by atoms with van der Waals surface area (Å²) in [6.45, 7) is 3.89. The normalized spacial score (nSPS) is 11.2. The number of nitrogens with one attached hydrogen (secondary N) is 1. The van der Waals surface area contributed by atoms with Crippen LogP contribution < -0.4 is 10.9 Å². The molecule has 0 unspecified atom stereocenters. The van der Waals surface area contributed by atoms with Gasteiger partial charge in [0.15, 0.2) is 0 Å². The fraction of sp³-hybridized carbons (Fsp3) is 0.211. The van der Waals surface area contributed by atoms with Gasteiger partial charge in [0.2, 0.25) is 11.0 Å². The molecule has 1 aromatic carbocycles. The number of hydrogen-bond donors (Lipinski definition) is 1. The number of fused-ring (bicyclic) bond motifs is 1. The quantitative estimate of drug-likeness (QED) is 0.540. The Kier molecular flexibility index (Phi) is 5.01. The predicted octanol–water partition coefficient (Wildman–Crippen LogP) is 3.74. The molecule has 0 saturated heterocycles. The minimum atomic E-state index is -0.340. The third-order valence-electron chi connectivity index (χ3n) is 4.07. The average molecular weight is 412 g/mol. The Balaban J connectivity index is 1.56. The first-order valence-corrected chi connectivity index (χ1v) is 10.3. The second-order valence-electron chi connectivity index (χ2n) is 6.52. The highest BCUT2D eigenvalue weighted by Crippen LogP contribution is 2.30. The van der Waals surface area contributed by atoms with Crippen molar-refractivity contribution in [3.8, 4) is 10.4 Å². The third-order valence-corrected chi connectivity index (χ3v) is 6.30. The Bertz CT molecular complexity index is 1190. The largest absolute Gasteiger partial charge is 0.299 e. The van der Waals surface area contributed by atoms with Gasteiger partial charge in [-0.3, -0.25) is 19.5 Å². The van der Waals surface area contributed by atoms with E-state index in [0.717, 1.165) is 15.4 Å². The van der Waals surface area contributed by atoms with Gasteiger partial charge in [0, 0.05) is 10.8 Å². The highest BCUT2D eigenvalue weighted by molar-refractivity contribution is 7.21. The van der Waals surface area contributed by atoms with Crippen molar-refractivity contribution in [2.24, 2.45) is 0 Å². The molecule has 1 amide bonds. The molecule has 9 heteroatoms. The van der Waals surface area contributed by atoms with E-state index in [1.165, 1.54) is 33.6 Å². The van der Waals surface area contributed by atoms with Gasteiger partial charge in [-0.05, 0) is 11.6 Å². The maximum absolute atomic E-state index is 12.8. The smallest absolute Gasteiger partial charge is 0.262 e. The number of carbonyl (C=O) groups excluding carboxylic acids is 1. The maximum atomic E-state index is 12.8. The number of rotatable bonds is 5. The van der Waals surface area contributed by atoms with Gasteiger partial charge in [-0.15, -0.1) is 21.5 Å². The number of aromatic nitrogens is 4. The van der Waals surface area contributed by atoms with E-state index in [9.17, 15) is 9.59 Å². The number of carbonyl (C=O) groups is 1. The van der Waals surface area contributed by atoms with E-state index in [1.54, 1.807) is 0 Å². The van der Waals surface area contributed by atoms with Crippen molar-refractivity contribution in [1.29, 1.82) is 0 Å². The lowest BCUT2D eigenvalue weighted by molar-refractivity contribution is -0.116. The molecule has 0 aliphatic carbocycles. The van der Waals surface area contributed by atoms with Crippen molar-refractivity contribution in [3.05, 3.63) is 58.1 Å². The average Bonchev–Trinajstić information content (AvgIpc) is 3.32. The molecule has 0 radical (unpaired) electrons. The Morgan fingerprint density at radius 2 is 1.96 bits per heavy atom. The minimum Gasteiger partial charge on any atom is -0.299 e. The molecule has 1 N–H and O–H groups in total. The standard InChI is InChI=1S/C19H17N5O2S2/c1-11(2)16-22-23-19(28-16)21-15(25)9-24-10-20-17-13(18(24)26)8-14(27-17)12-6-4-3-5-7-12/h3-8,10-11H,9H2,1-2H3,(H,21,23,25). The monoisotopic (exact) mass is 411 g/mol. The Labute approximate surface area is 168 Å². The molecule has 28 heavy (non-hydrogen) atoms. The Hall–Kier alpha value is -2.91. The van der Waals surface area contributed by atoms with Gasteiger partial charge in [-0.2, -0.15) is 0 Å². The second kappa shape index (κ2) is 7.61. The molecule has 3 heterocycles. The van der Waals surface area contributed by atoms with E-state index < -0.39 is 0 Å². The van der Waals surface area contributed by atoms with Crippen LogP contribution in [0.3, 0.4) is 0 Å². The van der Waals surface area contributed by atoms with Crippen molar-refractivity contribution in [2.75, 3.05) is 5.32 Å². The summed E-state index contributed by atoms with van der Waals surface area (Å²) in [6.07, 6.45) is 1.41. The van der Waals surface area contributed by atoms with Crippen LogP contribution in [0.1, 0.15) is 24.8 Å². The van der Waals surface area contributed by atoms with Crippen LogP contribution in [0.2, 0.25) is 0 Å². The predicted molar refractivity (Wildman–Crippen MR) is 112 cm³/mol. The molecule has 142 valence electrons. The molecular weight excluding hydrogens is 394 g/mol. The third kappa shape index (κ3) is 3.71. The van der Waals surface area contributed by atoms with Crippen molar-refractivity contribution in [2.45, 2.75) is 26.3 Å². The second-order valence-corrected chi connectivity index (χ2v) is 8.56.